The van der Waals surface area contributed by atoms with Crippen molar-refractivity contribution in [1.29, 1.82) is 0 Å². The second-order valence-electron chi connectivity index (χ2n) is 3.02. The normalized spacial score (nSPS) is 13.1. The summed E-state index contributed by atoms with van der Waals surface area (Å²) in [5.74, 6) is 0.888. The molecule has 0 radical (unpaired) electrons. The predicted molar refractivity (Wildman–Crippen MR) is 61.3 cm³/mol. The van der Waals surface area contributed by atoms with Crippen LogP contribution in [-0.4, -0.2) is 9.55 Å². The molecule has 0 saturated carbocycles. The second kappa shape index (κ2) is 3.84. The zero-order valence-corrected chi connectivity index (χ0v) is 10.0. The molecule has 1 atom stereocenters. The number of aromatic nitrogens is 2. The van der Waals surface area contributed by atoms with Gasteiger partial charge in [-0.05, 0) is 28.1 Å². The van der Waals surface area contributed by atoms with Gasteiger partial charge in [-0.3, -0.25) is 0 Å². The van der Waals surface area contributed by atoms with E-state index in [-0.39, 0.29) is 6.04 Å². The third-order valence-corrected chi connectivity index (χ3v) is 3.74. The van der Waals surface area contributed by atoms with Crippen molar-refractivity contribution in [3.63, 3.8) is 0 Å². The monoisotopic (exact) mass is 271 g/mol. The number of hydrogen-bond donors (Lipinski definition) is 1. The summed E-state index contributed by atoms with van der Waals surface area (Å²) in [6.45, 7) is 0. The van der Waals surface area contributed by atoms with Gasteiger partial charge in [0.2, 0.25) is 0 Å². The lowest BCUT2D eigenvalue weighted by Gasteiger charge is -2.08. The van der Waals surface area contributed by atoms with Crippen molar-refractivity contribution in [1.82, 2.24) is 9.55 Å². The summed E-state index contributed by atoms with van der Waals surface area (Å²) >= 11 is 5.06. The average Bonchev–Trinajstić information content (AvgIpc) is 2.73. The number of rotatable bonds is 2. The Bertz CT molecular complexity index is 435. The highest BCUT2D eigenvalue weighted by atomic mass is 79.9. The van der Waals surface area contributed by atoms with E-state index in [1.165, 1.54) is 0 Å². The highest BCUT2D eigenvalue weighted by Crippen LogP contribution is 2.28. The molecule has 0 bridgehead atoms. The van der Waals surface area contributed by atoms with Crippen LogP contribution in [0.2, 0.25) is 0 Å². The number of imidazole rings is 1. The Morgan fingerprint density at radius 1 is 1.57 bits per heavy atom. The zero-order valence-electron chi connectivity index (χ0n) is 7.64. The van der Waals surface area contributed by atoms with E-state index in [4.69, 9.17) is 5.73 Å². The third kappa shape index (κ3) is 1.75. The van der Waals surface area contributed by atoms with Crippen molar-refractivity contribution >= 4 is 27.3 Å². The van der Waals surface area contributed by atoms with Gasteiger partial charge in [-0.25, -0.2) is 4.98 Å². The van der Waals surface area contributed by atoms with Crippen LogP contribution in [0.1, 0.15) is 16.7 Å². The Hall–Kier alpha value is -0.650. The van der Waals surface area contributed by atoms with Gasteiger partial charge in [-0.15, -0.1) is 11.3 Å². The Labute approximate surface area is 94.7 Å². The standard InChI is InChI=1S/C9H10BrN3S/c1-13-5-4-12-9(13)8(11)6-2-3-7(10)14-6/h2-5,8H,11H2,1H3. The van der Waals surface area contributed by atoms with Gasteiger partial charge in [0.15, 0.2) is 0 Å². The van der Waals surface area contributed by atoms with Gasteiger partial charge in [0.1, 0.15) is 5.82 Å². The second-order valence-corrected chi connectivity index (χ2v) is 5.51. The fraction of sp³-hybridized carbons (Fsp3) is 0.222. The maximum atomic E-state index is 6.08. The van der Waals surface area contributed by atoms with Gasteiger partial charge in [0.05, 0.1) is 9.83 Å². The maximum Gasteiger partial charge on any atom is 0.130 e. The number of aryl methyl sites for hydroxylation is 1. The molecule has 0 aliphatic rings. The summed E-state index contributed by atoms with van der Waals surface area (Å²) in [6, 6.07) is 3.89. The summed E-state index contributed by atoms with van der Waals surface area (Å²) in [5, 5.41) is 0. The fourth-order valence-corrected chi connectivity index (χ4v) is 2.72. The Morgan fingerprint density at radius 2 is 2.36 bits per heavy atom. The van der Waals surface area contributed by atoms with Gasteiger partial charge < -0.3 is 10.3 Å². The molecule has 0 aromatic carbocycles. The molecule has 2 heterocycles. The highest BCUT2D eigenvalue weighted by molar-refractivity contribution is 9.11. The van der Waals surface area contributed by atoms with E-state index in [9.17, 15) is 0 Å². The topological polar surface area (TPSA) is 43.8 Å². The SMILES string of the molecule is Cn1ccnc1C(N)c1ccc(Br)s1. The molecule has 0 saturated heterocycles. The zero-order chi connectivity index (χ0) is 10.1. The minimum Gasteiger partial charge on any atom is -0.336 e. The van der Waals surface area contributed by atoms with Crippen LogP contribution in [0.4, 0.5) is 0 Å². The number of thiophene rings is 1. The Kier molecular flexibility index (Phi) is 2.71. The molecule has 0 amide bonds. The fourth-order valence-electron chi connectivity index (χ4n) is 1.30. The lowest BCUT2D eigenvalue weighted by molar-refractivity contribution is 0.726. The molecule has 3 nitrogen and oxygen atoms in total. The largest absolute Gasteiger partial charge is 0.336 e. The number of hydrogen-bond acceptors (Lipinski definition) is 3. The average molecular weight is 272 g/mol. The van der Waals surface area contributed by atoms with Crippen LogP contribution in [0.5, 0.6) is 0 Å². The van der Waals surface area contributed by atoms with Gasteiger partial charge in [-0.1, -0.05) is 0 Å². The molecule has 0 spiro atoms. The first-order chi connectivity index (χ1) is 6.68. The van der Waals surface area contributed by atoms with Gasteiger partial charge >= 0.3 is 0 Å². The lowest BCUT2D eigenvalue weighted by Crippen LogP contribution is -2.15. The molecule has 0 fully saturated rings. The molecule has 2 aromatic rings. The van der Waals surface area contributed by atoms with E-state index in [1.807, 2.05) is 29.9 Å². The van der Waals surface area contributed by atoms with Crippen LogP contribution < -0.4 is 5.73 Å². The number of nitrogens with zero attached hydrogens (tertiary/aromatic N) is 2. The van der Waals surface area contributed by atoms with Crippen molar-refractivity contribution < 1.29 is 0 Å². The van der Waals surface area contributed by atoms with Gasteiger partial charge in [-0.2, -0.15) is 0 Å². The van der Waals surface area contributed by atoms with Crippen molar-refractivity contribution in [2.75, 3.05) is 0 Å². The van der Waals surface area contributed by atoms with Crippen LogP contribution in [0.3, 0.4) is 0 Å². The molecular weight excluding hydrogens is 262 g/mol. The molecule has 1 unspecified atom stereocenters. The van der Waals surface area contributed by atoms with Crippen LogP contribution >= 0.6 is 27.3 Å². The van der Waals surface area contributed by atoms with Crippen LogP contribution in [0.15, 0.2) is 28.3 Å². The summed E-state index contributed by atoms with van der Waals surface area (Å²) in [5.41, 5.74) is 6.08. The summed E-state index contributed by atoms with van der Waals surface area (Å²) in [7, 11) is 1.95. The molecule has 0 aliphatic heterocycles. The quantitative estimate of drug-likeness (QED) is 0.911. The van der Waals surface area contributed by atoms with Gasteiger partial charge in [0, 0.05) is 24.3 Å². The smallest absolute Gasteiger partial charge is 0.130 e. The minimum absolute atomic E-state index is 0.133. The van der Waals surface area contributed by atoms with Crippen molar-refractivity contribution in [2.45, 2.75) is 6.04 Å². The highest BCUT2D eigenvalue weighted by Gasteiger charge is 2.14. The maximum absolute atomic E-state index is 6.08. The van der Waals surface area contributed by atoms with Crippen LogP contribution in [0, 0.1) is 0 Å². The van der Waals surface area contributed by atoms with E-state index in [0.717, 1.165) is 14.5 Å². The van der Waals surface area contributed by atoms with E-state index in [0.29, 0.717) is 0 Å². The first-order valence-electron chi connectivity index (χ1n) is 4.16. The Morgan fingerprint density at radius 3 is 2.86 bits per heavy atom. The third-order valence-electron chi connectivity index (χ3n) is 2.04. The van der Waals surface area contributed by atoms with E-state index in [2.05, 4.69) is 20.9 Å². The molecule has 74 valence electrons. The summed E-state index contributed by atoms with van der Waals surface area (Å²) in [4.78, 5) is 5.35. The molecule has 5 heteroatoms. The van der Waals surface area contributed by atoms with E-state index >= 15 is 0 Å². The Balaban J connectivity index is 2.33. The molecular formula is C9H10BrN3S. The van der Waals surface area contributed by atoms with Crippen molar-refractivity contribution in [3.8, 4) is 0 Å². The van der Waals surface area contributed by atoms with E-state index in [1.54, 1.807) is 17.5 Å². The molecule has 0 aliphatic carbocycles. The van der Waals surface area contributed by atoms with E-state index < -0.39 is 0 Å². The van der Waals surface area contributed by atoms with Crippen LogP contribution in [-0.2, 0) is 7.05 Å². The van der Waals surface area contributed by atoms with Gasteiger partial charge in [0.25, 0.3) is 0 Å². The van der Waals surface area contributed by atoms with Crippen molar-refractivity contribution in [3.05, 3.63) is 39.0 Å². The lowest BCUT2D eigenvalue weighted by atomic mass is 10.2. The van der Waals surface area contributed by atoms with Crippen LogP contribution in [0.25, 0.3) is 0 Å². The minimum atomic E-state index is -0.133. The molecule has 2 rings (SSSR count). The molecule has 2 N–H and O–H groups in total. The molecule has 2 aromatic heterocycles. The molecule has 14 heavy (non-hydrogen) atoms. The predicted octanol–water partition coefficient (Wildman–Crippen LogP) is 2.29. The number of halogens is 1. The first kappa shape index (κ1) is 9.89. The first-order valence-corrected chi connectivity index (χ1v) is 5.77. The summed E-state index contributed by atoms with van der Waals surface area (Å²) in [6.07, 6.45) is 3.66. The van der Waals surface area contributed by atoms with Crippen molar-refractivity contribution in [2.24, 2.45) is 12.8 Å². The number of nitrogens with two attached hydrogens (primary N) is 1. The summed E-state index contributed by atoms with van der Waals surface area (Å²) < 4.78 is 3.04.